The Balaban J connectivity index is 1.72. The smallest absolute Gasteiger partial charge is 0.410 e. The van der Waals surface area contributed by atoms with Crippen molar-refractivity contribution in [3.63, 3.8) is 0 Å². The first kappa shape index (κ1) is 24.7. The Morgan fingerprint density at radius 1 is 1.00 bits per heavy atom. The van der Waals surface area contributed by atoms with Gasteiger partial charge in [0.05, 0.1) is 11.8 Å². The highest BCUT2D eigenvalue weighted by molar-refractivity contribution is 5.78. The molecule has 2 unspecified atom stereocenters. The number of carboxylic acids is 1. The molecule has 7 heteroatoms. The Labute approximate surface area is 184 Å². The monoisotopic (exact) mass is 433 g/mol. The third-order valence-corrected chi connectivity index (χ3v) is 5.76. The fraction of sp³-hybridized carbons (Fsp3) is 0.625. The van der Waals surface area contributed by atoms with E-state index >= 15 is 0 Å². The second-order valence-electron chi connectivity index (χ2n) is 8.91. The summed E-state index contributed by atoms with van der Waals surface area (Å²) < 4.78 is 10.4. The Bertz CT molecular complexity index is 737. The highest BCUT2D eigenvalue weighted by atomic mass is 16.7. The van der Waals surface area contributed by atoms with Gasteiger partial charge in [0.25, 0.3) is 0 Å². The number of carboxylic acid groups (broad SMARTS) is 1. The molecule has 0 saturated heterocycles. The van der Waals surface area contributed by atoms with Crippen LogP contribution in [-0.4, -0.2) is 36.0 Å². The molecular weight excluding hydrogens is 398 g/mol. The third-order valence-electron chi connectivity index (χ3n) is 5.76. The van der Waals surface area contributed by atoms with E-state index < -0.39 is 30.2 Å². The fourth-order valence-electron chi connectivity index (χ4n) is 3.87. The van der Waals surface area contributed by atoms with Crippen LogP contribution in [0, 0.1) is 17.8 Å². The topological polar surface area (TPSA) is 102 Å². The third kappa shape index (κ3) is 8.23. The summed E-state index contributed by atoms with van der Waals surface area (Å²) >= 11 is 0. The van der Waals surface area contributed by atoms with Crippen LogP contribution in [0.4, 0.5) is 4.79 Å². The van der Waals surface area contributed by atoms with E-state index in [0.717, 1.165) is 24.8 Å². The van der Waals surface area contributed by atoms with Crippen molar-refractivity contribution in [2.24, 2.45) is 17.8 Å². The number of hydrogen-bond acceptors (Lipinski definition) is 5. The number of alkyl carbamates (subject to hydrolysis) is 1. The molecule has 0 aromatic heterocycles. The number of benzene rings is 1. The summed E-state index contributed by atoms with van der Waals surface area (Å²) in [5.74, 6) is -1.15. The minimum atomic E-state index is -1.00. The van der Waals surface area contributed by atoms with Gasteiger partial charge in [0, 0.05) is 13.5 Å². The van der Waals surface area contributed by atoms with Crippen molar-refractivity contribution in [3.8, 4) is 0 Å². The molecule has 2 N–H and O–H groups in total. The fourth-order valence-corrected chi connectivity index (χ4v) is 3.87. The summed E-state index contributed by atoms with van der Waals surface area (Å²) in [7, 11) is 0. The van der Waals surface area contributed by atoms with Gasteiger partial charge in [-0.1, -0.05) is 38.1 Å². The molecular formula is C24H35NO6. The van der Waals surface area contributed by atoms with Crippen LogP contribution in [0.15, 0.2) is 24.3 Å². The zero-order chi connectivity index (χ0) is 23.0. The van der Waals surface area contributed by atoms with Crippen LogP contribution in [0.5, 0.6) is 0 Å². The molecule has 0 heterocycles. The molecule has 2 atom stereocenters. The molecule has 7 nitrogen and oxygen atoms in total. The van der Waals surface area contributed by atoms with Crippen LogP contribution >= 0.6 is 0 Å². The lowest BCUT2D eigenvalue weighted by Gasteiger charge is -2.26. The van der Waals surface area contributed by atoms with Crippen LogP contribution in [0.25, 0.3) is 0 Å². The van der Waals surface area contributed by atoms with Crippen molar-refractivity contribution >= 4 is 18.0 Å². The van der Waals surface area contributed by atoms with E-state index in [0.29, 0.717) is 25.3 Å². The van der Waals surface area contributed by atoms with Crippen LogP contribution in [0.2, 0.25) is 0 Å². The summed E-state index contributed by atoms with van der Waals surface area (Å²) in [5, 5.41) is 11.7. The molecule has 1 amide bonds. The maximum absolute atomic E-state index is 12.4. The molecule has 31 heavy (non-hydrogen) atoms. The number of carbonyl (C=O) groups is 3. The summed E-state index contributed by atoms with van der Waals surface area (Å²) in [6.45, 7) is 8.02. The van der Waals surface area contributed by atoms with Crippen LogP contribution in [0.1, 0.15) is 70.4 Å². The lowest BCUT2D eigenvalue weighted by atomic mass is 9.82. The predicted octanol–water partition coefficient (Wildman–Crippen LogP) is 4.50. The summed E-state index contributed by atoms with van der Waals surface area (Å²) in [4.78, 5) is 35.4. The molecule has 172 valence electrons. The Hall–Kier alpha value is -2.57. The van der Waals surface area contributed by atoms with E-state index in [2.05, 4.69) is 19.2 Å². The van der Waals surface area contributed by atoms with Gasteiger partial charge in [-0.05, 0) is 62.0 Å². The van der Waals surface area contributed by atoms with Crippen molar-refractivity contribution in [1.82, 2.24) is 5.32 Å². The van der Waals surface area contributed by atoms with E-state index in [4.69, 9.17) is 14.6 Å². The number of ether oxygens (including phenoxy) is 2. The highest BCUT2D eigenvalue weighted by Gasteiger charge is 2.26. The van der Waals surface area contributed by atoms with Crippen LogP contribution in [0.3, 0.4) is 0 Å². The zero-order valence-electron chi connectivity index (χ0n) is 18.9. The summed E-state index contributed by atoms with van der Waals surface area (Å²) in [6, 6.07) is 7.91. The average molecular weight is 434 g/mol. The number of nitrogens with one attached hydrogen (secondary N) is 1. The predicted molar refractivity (Wildman–Crippen MR) is 117 cm³/mol. The van der Waals surface area contributed by atoms with Gasteiger partial charge in [-0.2, -0.15) is 0 Å². The molecule has 1 aliphatic carbocycles. The second kappa shape index (κ2) is 11.7. The van der Waals surface area contributed by atoms with E-state index in [1.54, 1.807) is 6.92 Å². The quantitative estimate of drug-likeness (QED) is 0.439. The molecule has 1 aromatic carbocycles. The number of hydrogen-bond donors (Lipinski definition) is 2. The maximum atomic E-state index is 12.4. The Morgan fingerprint density at radius 3 is 2.16 bits per heavy atom. The first-order chi connectivity index (χ1) is 14.7. The average Bonchev–Trinajstić information content (AvgIpc) is 2.72. The number of rotatable bonds is 9. The van der Waals surface area contributed by atoms with Gasteiger partial charge in [0.15, 0.2) is 0 Å². The Kier molecular flexibility index (Phi) is 9.34. The first-order valence-electron chi connectivity index (χ1n) is 11.1. The number of amides is 1. The second-order valence-corrected chi connectivity index (χ2v) is 8.91. The summed E-state index contributed by atoms with van der Waals surface area (Å²) in [5.41, 5.74) is 2.08. The molecule has 0 aliphatic heterocycles. The number of carbonyl (C=O) groups excluding carboxylic acids is 2. The summed E-state index contributed by atoms with van der Waals surface area (Å²) in [6.07, 6.45) is 2.11. The van der Waals surface area contributed by atoms with E-state index in [1.807, 2.05) is 24.3 Å². The normalized spacial score (nSPS) is 20.5. The zero-order valence-corrected chi connectivity index (χ0v) is 18.9. The molecule has 1 aliphatic rings. The standard InChI is InChI=1S/C24H35NO6/c1-15(2)13-18-5-9-20(10-6-18)16(3)23(28)30-17(4)31-24(29)25-14-19-7-11-21(12-8-19)22(26)27/h5-6,9-10,15-17,19,21H,7-8,11-14H2,1-4H3,(H,25,29)(H,26,27)/t16?,17?,19-,21-. The van der Waals surface area contributed by atoms with Crippen LogP contribution in [-0.2, 0) is 25.5 Å². The van der Waals surface area contributed by atoms with Gasteiger partial charge in [-0.25, -0.2) is 4.79 Å². The number of aliphatic carboxylic acids is 1. The molecule has 1 fully saturated rings. The van der Waals surface area contributed by atoms with Crippen LogP contribution < -0.4 is 5.32 Å². The molecule has 1 aromatic rings. The van der Waals surface area contributed by atoms with Gasteiger partial charge < -0.3 is 19.9 Å². The van der Waals surface area contributed by atoms with Gasteiger partial charge in [-0.15, -0.1) is 0 Å². The van der Waals surface area contributed by atoms with Gasteiger partial charge >= 0.3 is 18.0 Å². The minimum Gasteiger partial charge on any atom is -0.481 e. The van der Waals surface area contributed by atoms with Gasteiger partial charge in [0.2, 0.25) is 6.29 Å². The van der Waals surface area contributed by atoms with Gasteiger partial charge in [-0.3, -0.25) is 9.59 Å². The molecule has 0 bridgehead atoms. The van der Waals surface area contributed by atoms with Crippen molar-refractivity contribution in [2.75, 3.05) is 6.54 Å². The van der Waals surface area contributed by atoms with E-state index in [1.165, 1.54) is 12.5 Å². The lowest BCUT2D eigenvalue weighted by Crippen LogP contribution is -2.35. The molecule has 0 spiro atoms. The SMILES string of the molecule is CC(C)Cc1ccc(C(C)C(=O)OC(C)OC(=O)NC[C@H]2CC[C@H](C(=O)O)CC2)cc1. The van der Waals surface area contributed by atoms with Crippen molar-refractivity contribution < 1.29 is 29.0 Å². The van der Waals surface area contributed by atoms with Crippen molar-refractivity contribution in [3.05, 3.63) is 35.4 Å². The molecule has 1 saturated carbocycles. The van der Waals surface area contributed by atoms with E-state index in [-0.39, 0.29) is 11.8 Å². The molecule has 2 rings (SSSR count). The molecule has 0 radical (unpaired) electrons. The lowest BCUT2D eigenvalue weighted by molar-refractivity contribution is -0.166. The van der Waals surface area contributed by atoms with Crippen molar-refractivity contribution in [1.29, 1.82) is 0 Å². The van der Waals surface area contributed by atoms with Gasteiger partial charge in [0.1, 0.15) is 0 Å². The largest absolute Gasteiger partial charge is 0.481 e. The minimum absolute atomic E-state index is 0.236. The first-order valence-corrected chi connectivity index (χ1v) is 11.1. The number of esters is 1. The maximum Gasteiger partial charge on any atom is 0.410 e. The van der Waals surface area contributed by atoms with E-state index in [9.17, 15) is 14.4 Å². The highest BCUT2D eigenvalue weighted by Crippen LogP contribution is 2.28. The Morgan fingerprint density at radius 2 is 1.61 bits per heavy atom. The van der Waals surface area contributed by atoms with Crippen molar-refractivity contribution in [2.45, 2.75) is 72.0 Å².